The Balaban J connectivity index is 4.96. The molecule has 4 heteroatoms. The summed E-state index contributed by atoms with van der Waals surface area (Å²) < 4.78 is -0.0108. The third kappa shape index (κ3) is 2.41. The Morgan fingerprint density at radius 2 is 1.50 bits per heavy atom. The van der Waals surface area contributed by atoms with Crippen LogP contribution in [-0.2, 0) is 0 Å². The minimum atomic E-state index is -2.31. The van der Waals surface area contributed by atoms with Crippen LogP contribution in [0.3, 0.4) is 0 Å². The van der Waals surface area contributed by atoms with Crippen LogP contribution in [0.1, 0.15) is 13.8 Å². The van der Waals surface area contributed by atoms with Crippen molar-refractivity contribution in [3.05, 3.63) is 24.8 Å². The molecule has 0 radical (unpaired) electrons. The van der Waals surface area contributed by atoms with E-state index in [1.807, 2.05) is 11.6 Å². The van der Waals surface area contributed by atoms with Crippen LogP contribution in [0.2, 0.25) is 0 Å². The SMILES string of the molecule is C=CP(Br)(Br)(C=C)N(CC)CC. The molecule has 0 amide bonds. The van der Waals surface area contributed by atoms with E-state index >= 15 is 0 Å². The molecule has 0 aliphatic heterocycles. The second-order valence-electron chi connectivity index (χ2n) is 2.49. The monoisotopic (exact) mass is 315 g/mol. The van der Waals surface area contributed by atoms with Gasteiger partial charge in [-0.2, -0.15) is 0 Å². The zero-order chi connectivity index (χ0) is 9.85. The molecule has 0 aromatic rings. The summed E-state index contributed by atoms with van der Waals surface area (Å²) in [5.74, 6) is 3.84. The molecule has 0 aromatic carbocycles. The fourth-order valence-corrected chi connectivity index (χ4v) is 5.45. The molecular formula is C8H16Br2NP. The number of hydrogen-bond acceptors (Lipinski definition) is 1. The van der Waals surface area contributed by atoms with Gasteiger partial charge in [0.05, 0.1) is 0 Å². The number of halogens is 2. The molecule has 0 aromatic heterocycles. The predicted molar refractivity (Wildman–Crippen MR) is 68.1 cm³/mol. The van der Waals surface area contributed by atoms with Gasteiger partial charge >= 0.3 is 91.5 Å². The van der Waals surface area contributed by atoms with Crippen LogP contribution in [0.4, 0.5) is 0 Å². The molecule has 0 bridgehead atoms. The van der Waals surface area contributed by atoms with Crippen molar-refractivity contribution in [3.8, 4) is 0 Å². The number of nitrogens with zero attached hydrogens (tertiary/aromatic N) is 1. The predicted octanol–water partition coefficient (Wildman–Crippen LogP) is 4.70. The zero-order valence-electron chi connectivity index (χ0n) is 7.63. The molecule has 0 unspecified atom stereocenters. The summed E-state index contributed by atoms with van der Waals surface area (Å²) in [6.45, 7) is 13.9. The Bertz CT molecular complexity index is 175. The fourth-order valence-electron chi connectivity index (χ4n) is 1.07. The molecule has 0 atom stereocenters. The molecule has 0 saturated carbocycles. The molecule has 0 fully saturated rings. The standard InChI is InChI=1S/C8H16Br2NP/c1-5-11(6-2)12(9,10,7-3)8-4/h7-8H,3-6H2,1-2H3. The van der Waals surface area contributed by atoms with Gasteiger partial charge in [0.1, 0.15) is 0 Å². The summed E-state index contributed by atoms with van der Waals surface area (Å²) in [4.78, 5) is 0. The summed E-state index contributed by atoms with van der Waals surface area (Å²) in [6, 6.07) is 0. The van der Waals surface area contributed by atoms with Crippen LogP contribution in [0.5, 0.6) is 0 Å². The summed E-state index contributed by atoms with van der Waals surface area (Å²) in [5.41, 5.74) is 0. The van der Waals surface area contributed by atoms with Crippen LogP contribution in [-0.4, -0.2) is 17.8 Å². The first kappa shape index (κ1) is 12.8. The van der Waals surface area contributed by atoms with Gasteiger partial charge in [0.25, 0.3) is 0 Å². The van der Waals surface area contributed by atoms with Crippen molar-refractivity contribution in [2.45, 2.75) is 13.8 Å². The zero-order valence-corrected chi connectivity index (χ0v) is 11.7. The van der Waals surface area contributed by atoms with Crippen molar-refractivity contribution < 1.29 is 0 Å². The van der Waals surface area contributed by atoms with Gasteiger partial charge in [-0.3, -0.25) is 0 Å². The summed E-state index contributed by atoms with van der Waals surface area (Å²) in [5, 5.41) is 0. The van der Waals surface area contributed by atoms with E-state index in [1.165, 1.54) is 0 Å². The van der Waals surface area contributed by atoms with Crippen molar-refractivity contribution >= 4 is 35.1 Å². The third-order valence-corrected chi connectivity index (χ3v) is 11.0. The average Bonchev–Trinajstić information content (AvgIpc) is 2.07. The van der Waals surface area contributed by atoms with Gasteiger partial charge in [0.2, 0.25) is 0 Å². The van der Waals surface area contributed by atoms with Crippen molar-refractivity contribution in [1.82, 2.24) is 4.67 Å². The molecule has 0 aliphatic carbocycles. The molecule has 0 aliphatic rings. The normalized spacial score (nSPS) is 15.2. The van der Waals surface area contributed by atoms with Gasteiger partial charge in [-0.05, 0) is 0 Å². The van der Waals surface area contributed by atoms with Crippen molar-refractivity contribution in [2.75, 3.05) is 13.1 Å². The minimum absolute atomic E-state index is 0.975. The fraction of sp³-hybridized carbons (Fsp3) is 0.500. The first-order valence-electron chi connectivity index (χ1n) is 3.92. The van der Waals surface area contributed by atoms with Gasteiger partial charge in [0, 0.05) is 0 Å². The second kappa shape index (κ2) is 4.36. The molecular weight excluding hydrogens is 301 g/mol. The van der Waals surface area contributed by atoms with E-state index in [1.54, 1.807) is 0 Å². The van der Waals surface area contributed by atoms with Gasteiger partial charge in [-0.1, -0.05) is 0 Å². The van der Waals surface area contributed by atoms with Crippen LogP contribution in [0.15, 0.2) is 24.8 Å². The van der Waals surface area contributed by atoms with Crippen molar-refractivity contribution in [1.29, 1.82) is 0 Å². The topological polar surface area (TPSA) is 3.24 Å². The molecule has 0 spiro atoms. The first-order chi connectivity index (χ1) is 5.43. The molecule has 0 heterocycles. The summed E-state index contributed by atoms with van der Waals surface area (Å²) in [6.07, 6.45) is 0. The number of rotatable bonds is 5. The molecule has 0 N–H and O–H groups in total. The summed E-state index contributed by atoms with van der Waals surface area (Å²) in [7, 11) is 0. The Hall–Kier alpha value is 0.830. The van der Waals surface area contributed by atoms with Gasteiger partial charge in [-0.15, -0.1) is 0 Å². The van der Waals surface area contributed by atoms with Crippen LogP contribution >= 0.6 is 35.1 Å². The van der Waals surface area contributed by atoms with Crippen LogP contribution in [0, 0.1) is 0 Å². The Morgan fingerprint density at radius 3 is 1.58 bits per heavy atom. The maximum atomic E-state index is 3.84. The molecule has 0 saturated heterocycles. The Kier molecular flexibility index (Phi) is 4.67. The molecule has 72 valence electrons. The van der Waals surface area contributed by atoms with Crippen LogP contribution < -0.4 is 0 Å². The molecule has 0 rings (SSSR count). The van der Waals surface area contributed by atoms with Gasteiger partial charge in [-0.25, -0.2) is 0 Å². The first-order valence-corrected chi connectivity index (χ1v) is 10.3. The van der Waals surface area contributed by atoms with E-state index < -0.39 is 4.16 Å². The molecule has 12 heavy (non-hydrogen) atoms. The van der Waals surface area contributed by atoms with Gasteiger partial charge < -0.3 is 0 Å². The maximum absolute atomic E-state index is 3.84. The van der Waals surface area contributed by atoms with Crippen molar-refractivity contribution in [3.63, 3.8) is 0 Å². The third-order valence-electron chi connectivity index (χ3n) is 1.92. The number of hydrogen-bond donors (Lipinski definition) is 0. The quantitative estimate of drug-likeness (QED) is 0.664. The average molecular weight is 317 g/mol. The van der Waals surface area contributed by atoms with E-state index in [9.17, 15) is 0 Å². The van der Waals surface area contributed by atoms with Gasteiger partial charge in [0.15, 0.2) is 0 Å². The Morgan fingerprint density at radius 1 is 1.17 bits per heavy atom. The van der Waals surface area contributed by atoms with E-state index in [0.29, 0.717) is 0 Å². The Labute approximate surface area is 91.4 Å². The van der Waals surface area contributed by atoms with E-state index in [0.717, 1.165) is 13.1 Å². The van der Waals surface area contributed by atoms with E-state index in [4.69, 9.17) is 0 Å². The van der Waals surface area contributed by atoms with Crippen molar-refractivity contribution in [2.24, 2.45) is 0 Å². The summed E-state index contributed by atoms with van der Waals surface area (Å²) >= 11 is 7.42. The van der Waals surface area contributed by atoms with E-state index in [-0.39, 0.29) is 0 Å². The molecule has 1 nitrogen and oxygen atoms in total. The van der Waals surface area contributed by atoms with E-state index in [2.05, 4.69) is 62.7 Å². The second-order valence-corrected chi connectivity index (χ2v) is 17.6. The van der Waals surface area contributed by atoms with Crippen LogP contribution in [0.25, 0.3) is 0 Å².